The maximum atomic E-state index is 12.1. The average Bonchev–Trinajstić information content (AvgIpc) is 2.60. The van der Waals surface area contributed by atoms with Crippen LogP contribution < -0.4 is 16.4 Å². The molecule has 6 heteroatoms. The number of nitrogens with two attached hydrogens (primary N) is 1. The van der Waals surface area contributed by atoms with Gasteiger partial charge in [0.2, 0.25) is 5.91 Å². The van der Waals surface area contributed by atoms with E-state index in [1.807, 2.05) is 13.8 Å². The van der Waals surface area contributed by atoms with Crippen LogP contribution in [0.4, 0.5) is 5.69 Å². The molecule has 24 heavy (non-hydrogen) atoms. The van der Waals surface area contributed by atoms with Crippen LogP contribution in [0.5, 0.6) is 0 Å². The van der Waals surface area contributed by atoms with E-state index in [-0.39, 0.29) is 17.7 Å². The fraction of sp³-hybridized carbons (Fsp3) is 0.278. The summed E-state index contributed by atoms with van der Waals surface area (Å²) in [6, 6.07) is 10.1. The van der Waals surface area contributed by atoms with E-state index in [4.69, 9.17) is 5.73 Å². The van der Waals surface area contributed by atoms with Crippen molar-refractivity contribution in [3.8, 4) is 0 Å². The second-order valence-corrected chi connectivity index (χ2v) is 5.88. The van der Waals surface area contributed by atoms with Crippen molar-refractivity contribution in [1.82, 2.24) is 10.3 Å². The topological polar surface area (TPSA) is 97.1 Å². The highest BCUT2D eigenvalue weighted by molar-refractivity contribution is 6.04. The molecular formula is C18H22N4O2. The van der Waals surface area contributed by atoms with Gasteiger partial charge in [-0.25, -0.2) is 0 Å². The molecule has 0 radical (unpaired) electrons. The Morgan fingerprint density at radius 1 is 1.17 bits per heavy atom. The molecule has 0 saturated heterocycles. The molecule has 2 rings (SSSR count). The van der Waals surface area contributed by atoms with Crippen LogP contribution in [0, 0.1) is 5.92 Å². The van der Waals surface area contributed by atoms with E-state index >= 15 is 0 Å². The number of nitrogens with one attached hydrogen (secondary N) is 2. The van der Waals surface area contributed by atoms with E-state index in [0.717, 1.165) is 5.56 Å². The summed E-state index contributed by atoms with van der Waals surface area (Å²) in [5.74, 6) is -0.299. The highest BCUT2D eigenvalue weighted by Gasteiger charge is 2.16. The molecule has 6 nitrogen and oxygen atoms in total. The van der Waals surface area contributed by atoms with Gasteiger partial charge in [0.25, 0.3) is 5.91 Å². The molecule has 0 aliphatic heterocycles. The lowest BCUT2D eigenvalue weighted by molar-refractivity contribution is -0.123. The number of rotatable bonds is 6. The molecule has 0 unspecified atom stereocenters. The molecule has 0 bridgehead atoms. The Hall–Kier alpha value is -2.73. The smallest absolute Gasteiger partial charge is 0.255 e. The largest absolute Gasteiger partial charge is 0.351 e. The van der Waals surface area contributed by atoms with Crippen LogP contribution in [0.25, 0.3) is 0 Å². The van der Waals surface area contributed by atoms with Gasteiger partial charge < -0.3 is 16.4 Å². The van der Waals surface area contributed by atoms with Crippen LogP contribution in [0.3, 0.4) is 0 Å². The molecule has 0 saturated carbocycles. The van der Waals surface area contributed by atoms with Crippen molar-refractivity contribution in [1.29, 1.82) is 0 Å². The number of amides is 2. The monoisotopic (exact) mass is 326 g/mol. The quantitative estimate of drug-likeness (QED) is 0.755. The van der Waals surface area contributed by atoms with Crippen molar-refractivity contribution in [3.05, 3.63) is 59.9 Å². The number of pyridine rings is 1. The van der Waals surface area contributed by atoms with E-state index in [2.05, 4.69) is 15.6 Å². The molecule has 0 aliphatic carbocycles. The van der Waals surface area contributed by atoms with Crippen molar-refractivity contribution >= 4 is 17.5 Å². The summed E-state index contributed by atoms with van der Waals surface area (Å²) in [5, 5.41) is 5.56. The van der Waals surface area contributed by atoms with Crippen LogP contribution >= 0.6 is 0 Å². The molecule has 1 aromatic carbocycles. The zero-order valence-electron chi connectivity index (χ0n) is 13.8. The van der Waals surface area contributed by atoms with Crippen LogP contribution in [-0.2, 0) is 11.3 Å². The van der Waals surface area contributed by atoms with E-state index in [0.29, 0.717) is 17.8 Å². The molecule has 2 amide bonds. The Morgan fingerprint density at radius 2 is 1.88 bits per heavy atom. The van der Waals surface area contributed by atoms with Crippen molar-refractivity contribution in [2.24, 2.45) is 11.7 Å². The van der Waals surface area contributed by atoms with Crippen molar-refractivity contribution < 1.29 is 9.59 Å². The minimum atomic E-state index is -0.519. The Balaban J connectivity index is 1.91. The first-order valence-electron chi connectivity index (χ1n) is 7.81. The number of benzene rings is 1. The van der Waals surface area contributed by atoms with Crippen molar-refractivity contribution in [2.45, 2.75) is 26.4 Å². The highest BCUT2D eigenvalue weighted by Crippen LogP contribution is 2.09. The summed E-state index contributed by atoms with van der Waals surface area (Å²) in [6.45, 7) is 4.18. The van der Waals surface area contributed by atoms with Crippen LogP contribution in [0.2, 0.25) is 0 Å². The first kappa shape index (κ1) is 17.6. The molecule has 0 fully saturated rings. The van der Waals surface area contributed by atoms with Crippen LogP contribution in [0.1, 0.15) is 29.8 Å². The van der Waals surface area contributed by atoms with Gasteiger partial charge >= 0.3 is 0 Å². The predicted octanol–water partition coefficient (Wildman–Crippen LogP) is 1.93. The van der Waals surface area contributed by atoms with E-state index in [9.17, 15) is 9.59 Å². The number of carbonyl (C=O) groups excluding carboxylic acids is 2. The SMILES string of the molecule is CC(C)[C@H](N)C(=O)NCc1ccc(C(=O)Nc2cccnc2)cc1. The van der Waals surface area contributed by atoms with E-state index in [1.54, 1.807) is 48.8 Å². The fourth-order valence-corrected chi connectivity index (χ4v) is 2.02. The highest BCUT2D eigenvalue weighted by atomic mass is 16.2. The zero-order valence-corrected chi connectivity index (χ0v) is 13.8. The Kier molecular flexibility index (Phi) is 6.03. The number of hydrogen-bond acceptors (Lipinski definition) is 4. The third kappa shape index (κ3) is 4.89. The molecule has 1 aromatic heterocycles. The zero-order chi connectivity index (χ0) is 17.5. The van der Waals surface area contributed by atoms with E-state index < -0.39 is 6.04 Å². The van der Waals surface area contributed by atoms with Gasteiger partial charge in [0, 0.05) is 18.3 Å². The Labute approximate surface area is 141 Å². The Morgan fingerprint density at radius 3 is 2.46 bits per heavy atom. The van der Waals surface area contributed by atoms with Gasteiger partial charge in [0.1, 0.15) is 0 Å². The van der Waals surface area contributed by atoms with Crippen LogP contribution in [-0.4, -0.2) is 22.8 Å². The maximum Gasteiger partial charge on any atom is 0.255 e. The minimum Gasteiger partial charge on any atom is -0.351 e. The van der Waals surface area contributed by atoms with Crippen LogP contribution in [0.15, 0.2) is 48.8 Å². The van der Waals surface area contributed by atoms with Gasteiger partial charge in [-0.05, 0) is 35.7 Å². The summed E-state index contributed by atoms with van der Waals surface area (Å²) in [5.41, 5.74) is 7.87. The number of hydrogen-bond donors (Lipinski definition) is 3. The van der Waals surface area contributed by atoms with Gasteiger partial charge in [0.05, 0.1) is 17.9 Å². The van der Waals surface area contributed by atoms with Gasteiger partial charge in [-0.1, -0.05) is 26.0 Å². The van der Waals surface area contributed by atoms with Crippen molar-refractivity contribution in [3.63, 3.8) is 0 Å². The third-order valence-electron chi connectivity index (χ3n) is 3.62. The molecule has 1 atom stereocenters. The Bertz CT molecular complexity index is 684. The molecule has 1 heterocycles. The average molecular weight is 326 g/mol. The van der Waals surface area contributed by atoms with Gasteiger partial charge in [0.15, 0.2) is 0 Å². The number of nitrogens with zero attached hydrogens (tertiary/aromatic N) is 1. The first-order chi connectivity index (χ1) is 11.5. The number of anilines is 1. The molecule has 0 spiro atoms. The fourth-order valence-electron chi connectivity index (χ4n) is 2.02. The summed E-state index contributed by atoms with van der Waals surface area (Å²) in [7, 11) is 0. The second-order valence-electron chi connectivity index (χ2n) is 5.88. The second kappa shape index (κ2) is 8.21. The molecule has 126 valence electrons. The third-order valence-corrected chi connectivity index (χ3v) is 3.62. The van der Waals surface area contributed by atoms with Crippen molar-refractivity contribution in [2.75, 3.05) is 5.32 Å². The summed E-state index contributed by atoms with van der Waals surface area (Å²) in [4.78, 5) is 27.9. The minimum absolute atomic E-state index is 0.0866. The lowest BCUT2D eigenvalue weighted by atomic mass is 10.0. The van der Waals surface area contributed by atoms with Gasteiger partial charge in [-0.3, -0.25) is 14.6 Å². The maximum absolute atomic E-state index is 12.1. The number of aromatic nitrogens is 1. The molecule has 4 N–H and O–H groups in total. The molecule has 0 aliphatic rings. The summed E-state index contributed by atoms with van der Waals surface area (Å²) in [6.07, 6.45) is 3.23. The molecular weight excluding hydrogens is 304 g/mol. The van der Waals surface area contributed by atoms with Gasteiger partial charge in [-0.15, -0.1) is 0 Å². The standard InChI is InChI=1S/C18H22N4O2/c1-12(2)16(19)18(24)21-10-13-5-7-14(8-6-13)17(23)22-15-4-3-9-20-11-15/h3-9,11-12,16H,10,19H2,1-2H3,(H,21,24)(H,22,23)/t16-/m0/s1. The number of carbonyl (C=O) groups is 2. The normalized spacial score (nSPS) is 11.8. The van der Waals surface area contributed by atoms with Gasteiger partial charge in [-0.2, -0.15) is 0 Å². The summed E-state index contributed by atoms with van der Waals surface area (Å²) < 4.78 is 0. The van der Waals surface area contributed by atoms with E-state index in [1.165, 1.54) is 0 Å². The summed E-state index contributed by atoms with van der Waals surface area (Å²) >= 11 is 0. The lowest BCUT2D eigenvalue weighted by Crippen LogP contribution is -2.43. The molecule has 2 aromatic rings. The first-order valence-corrected chi connectivity index (χ1v) is 7.81. The lowest BCUT2D eigenvalue weighted by Gasteiger charge is -2.15. The predicted molar refractivity (Wildman–Crippen MR) is 93.3 cm³/mol.